The molecular weight excluding hydrogens is 352 g/mol. The number of aryl methyl sites for hydroxylation is 1. The number of rotatable bonds is 5. The minimum absolute atomic E-state index is 0.118. The maximum absolute atomic E-state index is 12.6. The fourth-order valence-corrected chi connectivity index (χ4v) is 3.87. The van der Waals surface area contributed by atoms with Crippen molar-refractivity contribution in [1.82, 2.24) is 5.32 Å². The quantitative estimate of drug-likeness (QED) is 0.720. The molecule has 1 aromatic heterocycles. The second-order valence-corrected chi connectivity index (χ2v) is 8.12. The Morgan fingerprint density at radius 3 is 2.54 bits per heavy atom. The van der Waals surface area contributed by atoms with E-state index in [-0.39, 0.29) is 22.6 Å². The van der Waals surface area contributed by atoms with Crippen molar-refractivity contribution in [3.63, 3.8) is 0 Å². The standard InChI is InChI=1S/C19H18N2O4S/c1-12-16-11-15(26(23,24)21-14-5-3-2-4-6-14)9-10-17(16)25-18(12)19(22)20-13-7-8-13/h2-6,9-11,13,21H,7-8H2,1H3,(H,20,22). The lowest BCUT2D eigenvalue weighted by atomic mass is 10.1. The van der Waals surface area contributed by atoms with E-state index in [0.29, 0.717) is 22.2 Å². The van der Waals surface area contributed by atoms with E-state index in [9.17, 15) is 13.2 Å². The van der Waals surface area contributed by atoms with Crippen molar-refractivity contribution in [3.8, 4) is 0 Å². The number of carbonyl (C=O) groups excluding carboxylic acids is 1. The van der Waals surface area contributed by atoms with Crippen LogP contribution in [-0.4, -0.2) is 20.4 Å². The number of furan rings is 1. The molecule has 1 saturated carbocycles. The fraction of sp³-hybridized carbons (Fsp3) is 0.211. The van der Waals surface area contributed by atoms with Crippen molar-refractivity contribution in [2.45, 2.75) is 30.7 Å². The lowest BCUT2D eigenvalue weighted by Gasteiger charge is -2.07. The van der Waals surface area contributed by atoms with Gasteiger partial charge in [0.05, 0.1) is 4.90 Å². The van der Waals surface area contributed by atoms with Gasteiger partial charge in [-0.1, -0.05) is 18.2 Å². The van der Waals surface area contributed by atoms with Gasteiger partial charge in [-0.3, -0.25) is 9.52 Å². The maximum atomic E-state index is 12.6. The van der Waals surface area contributed by atoms with Gasteiger partial charge in [-0.25, -0.2) is 8.42 Å². The lowest BCUT2D eigenvalue weighted by Crippen LogP contribution is -2.25. The van der Waals surface area contributed by atoms with Gasteiger partial charge in [-0.2, -0.15) is 0 Å². The molecule has 1 aliphatic carbocycles. The second kappa shape index (κ2) is 6.17. The van der Waals surface area contributed by atoms with Crippen LogP contribution in [0.1, 0.15) is 29.0 Å². The molecule has 0 saturated heterocycles. The molecule has 0 atom stereocenters. The molecule has 134 valence electrons. The predicted octanol–water partition coefficient (Wildman–Crippen LogP) is 3.43. The molecule has 1 amide bonds. The summed E-state index contributed by atoms with van der Waals surface area (Å²) in [6.45, 7) is 1.76. The first-order valence-corrected chi connectivity index (χ1v) is 9.84. The number of nitrogens with one attached hydrogen (secondary N) is 2. The van der Waals surface area contributed by atoms with Crippen molar-refractivity contribution in [2.75, 3.05) is 4.72 Å². The minimum Gasteiger partial charge on any atom is -0.451 e. The van der Waals surface area contributed by atoms with Crippen LogP contribution in [-0.2, 0) is 10.0 Å². The number of carbonyl (C=O) groups is 1. The molecule has 26 heavy (non-hydrogen) atoms. The number of fused-ring (bicyclic) bond motifs is 1. The average molecular weight is 370 g/mol. The van der Waals surface area contributed by atoms with E-state index in [4.69, 9.17) is 4.42 Å². The summed E-state index contributed by atoms with van der Waals surface area (Å²) >= 11 is 0. The molecule has 2 aromatic carbocycles. The summed E-state index contributed by atoms with van der Waals surface area (Å²) in [7, 11) is -3.73. The monoisotopic (exact) mass is 370 g/mol. The third kappa shape index (κ3) is 3.17. The zero-order chi connectivity index (χ0) is 18.3. The predicted molar refractivity (Wildman–Crippen MR) is 98.7 cm³/mol. The third-order valence-corrected chi connectivity index (χ3v) is 5.74. The van der Waals surface area contributed by atoms with Crippen LogP contribution in [0, 0.1) is 6.92 Å². The molecule has 4 rings (SSSR count). The normalized spacial score (nSPS) is 14.3. The lowest BCUT2D eigenvalue weighted by molar-refractivity contribution is 0.0924. The Bertz CT molecular complexity index is 1080. The summed E-state index contributed by atoms with van der Waals surface area (Å²) in [6.07, 6.45) is 1.97. The average Bonchev–Trinajstić information content (AvgIpc) is 3.37. The number of amides is 1. The highest BCUT2D eigenvalue weighted by molar-refractivity contribution is 7.92. The van der Waals surface area contributed by atoms with E-state index in [2.05, 4.69) is 10.0 Å². The Morgan fingerprint density at radius 1 is 1.12 bits per heavy atom. The highest BCUT2D eigenvalue weighted by Crippen LogP contribution is 2.29. The van der Waals surface area contributed by atoms with Crippen molar-refractivity contribution in [2.24, 2.45) is 0 Å². The van der Waals surface area contributed by atoms with Gasteiger partial charge in [0.2, 0.25) is 0 Å². The van der Waals surface area contributed by atoms with E-state index in [1.165, 1.54) is 12.1 Å². The molecule has 0 spiro atoms. The molecule has 3 aromatic rings. The highest BCUT2D eigenvalue weighted by Gasteiger charge is 2.27. The van der Waals surface area contributed by atoms with Crippen LogP contribution in [0.4, 0.5) is 5.69 Å². The second-order valence-electron chi connectivity index (χ2n) is 6.43. The number of sulfonamides is 1. The van der Waals surface area contributed by atoms with Crippen LogP contribution >= 0.6 is 0 Å². The highest BCUT2D eigenvalue weighted by atomic mass is 32.2. The van der Waals surface area contributed by atoms with Crippen LogP contribution in [0.15, 0.2) is 57.8 Å². The van der Waals surface area contributed by atoms with Gasteiger partial charge in [0.15, 0.2) is 5.76 Å². The van der Waals surface area contributed by atoms with Crippen molar-refractivity contribution in [3.05, 3.63) is 59.9 Å². The number of hydrogen-bond donors (Lipinski definition) is 2. The van der Waals surface area contributed by atoms with E-state index >= 15 is 0 Å². The van der Waals surface area contributed by atoms with E-state index in [0.717, 1.165) is 12.8 Å². The Labute approximate surface area is 151 Å². The minimum atomic E-state index is -3.73. The summed E-state index contributed by atoms with van der Waals surface area (Å²) in [5.41, 5.74) is 1.61. The molecule has 0 unspecified atom stereocenters. The van der Waals surface area contributed by atoms with E-state index < -0.39 is 10.0 Å². The molecule has 1 aliphatic rings. The molecular formula is C19H18N2O4S. The topological polar surface area (TPSA) is 88.4 Å². The Morgan fingerprint density at radius 2 is 1.85 bits per heavy atom. The van der Waals surface area contributed by atoms with Gasteiger partial charge in [0, 0.05) is 22.7 Å². The van der Waals surface area contributed by atoms with Gasteiger partial charge < -0.3 is 9.73 Å². The molecule has 1 heterocycles. The van der Waals surface area contributed by atoms with Gasteiger partial charge in [0.25, 0.3) is 15.9 Å². The summed E-state index contributed by atoms with van der Waals surface area (Å²) < 4.78 is 33.5. The number of anilines is 1. The Balaban J connectivity index is 1.68. The SMILES string of the molecule is Cc1c(C(=O)NC2CC2)oc2ccc(S(=O)(=O)Nc3ccccc3)cc12. The van der Waals surface area contributed by atoms with Crippen LogP contribution in [0.2, 0.25) is 0 Å². The molecule has 0 bridgehead atoms. The summed E-state index contributed by atoms with van der Waals surface area (Å²) in [6, 6.07) is 13.5. The number of hydrogen-bond acceptors (Lipinski definition) is 4. The van der Waals surface area contributed by atoms with Gasteiger partial charge >= 0.3 is 0 Å². The third-order valence-electron chi connectivity index (χ3n) is 4.36. The fourth-order valence-electron chi connectivity index (χ4n) is 2.78. The molecule has 0 aliphatic heterocycles. The van der Waals surface area contributed by atoms with E-state index in [1.54, 1.807) is 37.3 Å². The zero-order valence-electron chi connectivity index (χ0n) is 14.2. The first kappa shape index (κ1) is 16.7. The molecule has 6 nitrogen and oxygen atoms in total. The zero-order valence-corrected chi connectivity index (χ0v) is 15.0. The van der Waals surface area contributed by atoms with Crippen molar-refractivity contribution in [1.29, 1.82) is 0 Å². The maximum Gasteiger partial charge on any atom is 0.287 e. The summed E-state index contributed by atoms with van der Waals surface area (Å²) in [4.78, 5) is 12.4. The molecule has 0 radical (unpaired) electrons. The van der Waals surface area contributed by atoms with E-state index in [1.807, 2.05) is 6.07 Å². The van der Waals surface area contributed by atoms with Crippen LogP contribution < -0.4 is 10.0 Å². The number of para-hydroxylation sites is 1. The van der Waals surface area contributed by atoms with Crippen LogP contribution in [0.25, 0.3) is 11.0 Å². The molecule has 7 heteroatoms. The number of benzene rings is 2. The van der Waals surface area contributed by atoms with Gasteiger partial charge in [0.1, 0.15) is 5.58 Å². The largest absolute Gasteiger partial charge is 0.451 e. The first-order valence-electron chi connectivity index (χ1n) is 8.36. The van der Waals surface area contributed by atoms with Crippen molar-refractivity contribution < 1.29 is 17.6 Å². The first-order chi connectivity index (χ1) is 12.4. The van der Waals surface area contributed by atoms with Gasteiger partial charge in [-0.05, 0) is 50.1 Å². The Hall–Kier alpha value is -2.80. The Kier molecular flexibility index (Phi) is 3.96. The molecule has 1 fully saturated rings. The van der Waals surface area contributed by atoms with Crippen LogP contribution in [0.3, 0.4) is 0 Å². The summed E-state index contributed by atoms with van der Waals surface area (Å²) in [5.74, 6) is -0.0227. The molecule has 2 N–H and O–H groups in total. The van der Waals surface area contributed by atoms with Crippen LogP contribution in [0.5, 0.6) is 0 Å². The smallest absolute Gasteiger partial charge is 0.287 e. The van der Waals surface area contributed by atoms with Crippen molar-refractivity contribution >= 4 is 32.6 Å². The van der Waals surface area contributed by atoms with Gasteiger partial charge in [-0.15, -0.1) is 0 Å². The summed E-state index contributed by atoms with van der Waals surface area (Å²) in [5, 5.41) is 3.50.